The molecule has 3 rings (SSSR count). The van der Waals surface area contributed by atoms with Crippen molar-refractivity contribution in [2.75, 3.05) is 11.9 Å². The number of hydrogen-bond acceptors (Lipinski definition) is 8. The quantitative estimate of drug-likeness (QED) is 0.392. The minimum Gasteiger partial charge on any atom is -0.444 e. The molecule has 11 heteroatoms. The molecule has 0 aliphatic heterocycles. The number of sulfone groups is 1. The molecule has 2 aromatic carbocycles. The van der Waals surface area contributed by atoms with Crippen LogP contribution >= 0.6 is 11.3 Å². The van der Waals surface area contributed by atoms with E-state index in [0.717, 1.165) is 16.9 Å². The Morgan fingerprint density at radius 3 is 2.18 bits per heavy atom. The summed E-state index contributed by atoms with van der Waals surface area (Å²) in [5.74, 6) is 0. The Hall–Kier alpha value is -3.44. The molecular formula is C27H33N3O6S2. The zero-order valence-electron chi connectivity index (χ0n) is 22.6. The zero-order chi connectivity index (χ0) is 28.3. The maximum absolute atomic E-state index is 13.7. The molecule has 0 atom stereocenters. The van der Waals surface area contributed by atoms with Crippen LogP contribution in [-0.4, -0.2) is 43.8 Å². The molecule has 0 radical (unpaired) electrons. The molecule has 0 aliphatic rings. The first-order valence-corrected chi connectivity index (χ1v) is 14.2. The van der Waals surface area contributed by atoms with Gasteiger partial charge < -0.3 is 14.8 Å². The molecule has 1 heterocycles. The predicted octanol–water partition coefficient (Wildman–Crippen LogP) is 6.04. The third-order valence-corrected chi connectivity index (χ3v) is 8.14. The molecule has 38 heavy (non-hydrogen) atoms. The second-order valence-electron chi connectivity index (χ2n) is 10.6. The number of anilines is 1. The highest BCUT2D eigenvalue weighted by molar-refractivity contribution is 7.93. The van der Waals surface area contributed by atoms with Crippen LogP contribution in [0.4, 0.5) is 15.3 Å². The molecule has 0 fully saturated rings. The number of hydrogen-bond donors (Lipinski definition) is 1. The number of rotatable bonds is 6. The minimum atomic E-state index is -4.00. The summed E-state index contributed by atoms with van der Waals surface area (Å²) in [5.41, 5.74) is 0.387. The lowest BCUT2D eigenvalue weighted by molar-refractivity contribution is 0.0521. The third kappa shape index (κ3) is 7.78. The van der Waals surface area contributed by atoms with E-state index in [2.05, 4.69) is 10.3 Å². The van der Waals surface area contributed by atoms with Gasteiger partial charge in [-0.05, 0) is 70.9 Å². The third-order valence-electron chi connectivity index (χ3n) is 4.94. The van der Waals surface area contributed by atoms with Crippen LogP contribution in [0.1, 0.15) is 46.6 Å². The lowest BCUT2D eigenvalue weighted by Crippen LogP contribution is -2.34. The number of carbonyl (C=O) groups is 2. The molecule has 204 valence electrons. The van der Waals surface area contributed by atoms with E-state index in [0.29, 0.717) is 16.3 Å². The van der Waals surface area contributed by atoms with E-state index >= 15 is 0 Å². The molecule has 2 amide bonds. The largest absolute Gasteiger partial charge is 0.444 e. The summed E-state index contributed by atoms with van der Waals surface area (Å²) in [6.07, 6.45) is 0.0280. The lowest BCUT2D eigenvalue weighted by atomic mass is 10.1. The minimum absolute atomic E-state index is 0.000404. The highest BCUT2D eigenvalue weighted by atomic mass is 32.2. The van der Waals surface area contributed by atoms with Crippen LogP contribution in [0.5, 0.6) is 0 Å². The van der Waals surface area contributed by atoms with Crippen LogP contribution in [0.2, 0.25) is 0 Å². The van der Waals surface area contributed by atoms with Gasteiger partial charge in [0.15, 0.2) is 0 Å². The number of thiazole rings is 1. The van der Waals surface area contributed by atoms with E-state index in [4.69, 9.17) is 9.47 Å². The van der Waals surface area contributed by atoms with Gasteiger partial charge in [-0.15, -0.1) is 11.3 Å². The highest BCUT2D eigenvalue weighted by Crippen LogP contribution is 2.33. The van der Waals surface area contributed by atoms with Crippen molar-refractivity contribution in [3.8, 4) is 11.1 Å². The number of carbonyl (C=O) groups excluding carboxylic acids is 2. The van der Waals surface area contributed by atoms with E-state index in [1.807, 2.05) is 30.3 Å². The van der Waals surface area contributed by atoms with Gasteiger partial charge in [-0.1, -0.05) is 30.3 Å². The normalized spacial score (nSPS) is 12.1. The van der Waals surface area contributed by atoms with Gasteiger partial charge in [0.25, 0.3) is 0 Å². The van der Waals surface area contributed by atoms with Crippen molar-refractivity contribution in [2.45, 2.75) is 68.4 Å². The summed E-state index contributed by atoms with van der Waals surface area (Å²) < 4.78 is 38.0. The standard InChI is InChI=1S/C27H33N3O6S2/c1-26(2,3)35-24(31)29-16-22-28-17-23(37-22)38(33,34)21-14-19(18-11-9-8-10-12-18)13-20(15-21)30(7)25(32)36-27(4,5)6/h8-15,17H,16H2,1-7H3,(H,29,31). The smallest absolute Gasteiger partial charge is 0.414 e. The van der Waals surface area contributed by atoms with E-state index in [1.54, 1.807) is 53.7 Å². The molecule has 1 aromatic heterocycles. The molecule has 0 unspecified atom stereocenters. The molecule has 0 saturated carbocycles. The molecule has 0 saturated heterocycles. The van der Waals surface area contributed by atoms with Gasteiger partial charge in [-0.25, -0.2) is 23.0 Å². The van der Waals surface area contributed by atoms with Crippen LogP contribution < -0.4 is 10.2 Å². The number of nitrogens with one attached hydrogen (secondary N) is 1. The molecule has 1 N–H and O–H groups in total. The summed E-state index contributed by atoms with van der Waals surface area (Å²) in [6.45, 7) is 10.5. The van der Waals surface area contributed by atoms with E-state index < -0.39 is 33.2 Å². The van der Waals surface area contributed by atoms with Crippen molar-refractivity contribution < 1.29 is 27.5 Å². The van der Waals surface area contributed by atoms with Gasteiger partial charge in [0, 0.05) is 12.7 Å². The summed E-state index contributed by atoms with van der Waals surface area (Å²) in [5, 5.41) is 2.98. The number of alkyl carbamates (subject to hydrolysis) is 1. The fourth-order valence-electron chi connectivity index (χ4n) is 3.24. The monoisotopic (exact) mass is 559 g/mol. The van der Waals surface area contributed by atoms with Crippen LogP contribution in [0.15, 0.2) is 63.8 Å². The Morgan fingerprint density at radius 1 is 0.947 bits per heavy atom. The molecule has 0 bridgehead atoms. The molecule has 0 aliphatic carbocycles. The van der Waals surface area contributed by atoms with E-state index in [-0.39, 0.29) is 15.6 Å². The Labute approximate surface area is 227 Å². The molecule has 3 aromatic rings. The van der Waals surface area contributed by atoms with Crippen molar-refractivity contribution in [1.82, 2.24) is 10.3 Å². The fourth-order valence-corrected chi connectivity index (χ4v) is 5.83. The maximum Gasteiger partial charge on any atom is 0.414 e. The van der Waals surface area contributed by atoms with E-state index in [9.17, 15) is 18.0 Å². The van der Waals surface area contributed by atoms with Gasteiger partial charge >= 0.3 is 12.2 Å². The lowest BCUT2D eigenvalue weighted by Gasteiger charge is -2.25. The maximum atomic E-state index is 13.7. The van der Waals surface area contributed by atoms with Crippen molar-refractivity contribution in [1.29, 1.82) is 0 Å². The highest BCUT2D eigenvalue weighted by Gasteiger charge is 2.26. The summed E-state index contributed by atoms with van der Waals surface area (Å²) in [4.78, 5) is 30.2. The Kier molecular flexibility index (Phi) is 8.52. The Balaban J connectivity index is 1.96. The van der Waals surface area contributed by atoms with Crippen molar-refractivity contribution in [3.05, 3.63) is 59.7 Å². The number of benzene rings is 2. The van der Waals surface area contributed by atoms with Crippen LogP contribution in [0, 0.1) is 0 Å². The van der Waals surface area contributed by atoms with Gasteiger partial charge in [0.05, 0.1) is 17.6 Å². The van der Waals surface area contributed by atoms with Gasteiger partial charge in [-0.2, -0.15) is 0 Å². The molecular weight excluding hydrogens is 526 g/mol. The summed E-state index contributed by atoms with van der Waals surface area (Å²) >= 11 is 0.950. The predicted molar refractivity (Wildman–Crippen MR) is 147 cm³/mol. The number of ether oxygens (including phenoxy) is 2. The second kappa shape index (κ2) is 11.1. The first kappa shape index (κ1) is 29.1. The summed E-state index contributed by atoms with van der Waals surface area (Å²) in [6, 6.07) is 14.0. The van der Waals surface area contributed by atoms with Gasteiger partial charge in [0.2, 0.25) is 9.84 Å². The summed E-state index contributed by atoms with van der Waals surface area (Å²) in [7, 11) is -2.47. The van der Waals surface area contributed by atoms with Gasteiger partial charge in [0.1, 0.15) is 20.4 Å². The average Bonchev–Trinajstić information content (AvgIpc) is 3.30. The van der Waals surface area contributed by atoms with Gasteiger partial charge in [-0.3, -0.25) is 4.90 Å². The number of aromatic nitrogens is 1. The van der Waals surface area contributed by atoms with Crippen LogP contribution in [0.25, 0.3) is 11.1 Å². The van der Waals surface area contributed by atoms with Crippen molar-refractivity contribution >= 4 is 39.0 Å². The molecule has 9 nitrogen and oxygen atoms in total. The second-order valence-corrected chi connectivity index (χ2v) is 13.8. The van der Waals surface area contributed by atoms with E-state index in [1.165, 1.54) is 24.2 Å². The van der Waals surface area contributed by atoms with Crippen LogP contribution in [-0.2, 0) is 25.9 Å². The van der Waals surface area contributed by atoms with Crippen molar-refractivity contribution in [3.63, 3.8) is 0 Å². The molecule has 0 spiro atoms. The average molecular weight is 560 g/mol. The SMILES string of the molecule is CN(C(=O)OC(C)(C)C)c1cc(-c2ccccc2)cc(S(=O)(=O)c2cnc(CNC(=O)OC(C)(C)C)s2)c1. The Bertz CT molecular complexity index is 1400. The Morgan fingerprint density at radius 2 is 1.58 bits per heavy atom. The first-order chi connectivity index (χ1) is 17.5. The fraction of sp³-hybridized carbons (Fsp3) is 0.370. The number of nitrogens with zero attached hydrogens (tertiary/aromatic N) is 2. The topological polar surface area (TPSA) is 115 Å². The first-order valence-electron chi connectivity index (χ1n) is 11.9. The number of amides is 2. The van der Waals surface area contributed by atoms with Crippen molar-refractivity contribution in [2.24, 2.45) is 0 Å². The van der Waals surface area contributed by atoms with Crippen LogP contribution in [0.3, 0.4) is 0 Å². The zero-order valence-corrected chi connectivity index (χ0v) is 24.2.